The molecule has 0 aromatic carbocycles. The number of aromatic nitrogens is 2. The van der Waals surface area contributed by atoms with Crippen molar-refractivity contribution in [2.45, 2.75) is 19.5 Å². The minimum atomic E-state index is -0.226. The van der Waals surface area contributed by atoms with Gasteiger partial charge in [0.25, 0.3) is 0 Å². The van der Waals surface area contributed by atoms with Gasteiger partial charge in [0, 0.05) is 32.0 Å². The van der Waals surface area contributed by atoms with Crippen LogP contribution in [-0.4, -0.2) is 35.0 Å². The first-order chi connectivity index (χ1) is 7.74. The van der Waals surface area contributed by atoms with Crippen molar-refractivity contribution in [2.75, 3.05) is 18.0 Å². The molecule has 0 saturated carbocycles. The Balaban J connectivity index is 2.32. The Morgan fingerprint density at radius 3 is 3.06 bits per heavy atom. The van der Waals surface area contributed by atoms with Crippen LogP contribution in [0.2, 0.25) is 0 Å². The van der Waals surface area contributed by atoms with Crippen molar-refractivity contribution in [3.63, 3.8) is 0 Å². The third-order valence-electron chi connectivity index (χ3n) is 2.72. The Hall–Kier alpha value is -1.69. The number of carbonyl (C=O) groups excluding carboxylic acids is 1. The van der Waals surface area contributed by atoms with Crippen LogP contribution in [0.15, 0.2) is 12.4 Å². The van der Waals surface area contributed by atoms with Crippen LogP contribution in [0, 0.1) is 0 Å². The number of rotatable bonds is 2. The van der Waals surface area contributed by atoms with E-state index in [9.17, 15) is 4.79 Å². The molecule has 6 nitrogen and oxygen atoms in total. The van der Waals surface area contributed by atoms with Gasteiger partial charge in [-0.25, -0.2) is 4.98 Å². The predicted octanol–water partition coefficient (Wildman–Crippen LogP) is -0.740. The second-order valence-electron chi connectivity index (χ2n) is 3.69. The smallest absolute Gasteiger partial charge is 0.242 e. The first-order valence-electron chi connectivity index (χ1n) is 5.28. The van der Waals surface area contributed by atoms with E-state index in [1.807, 2.05) is 11.8 Å². The van der Waals surface area contributed by atoms with Crippen molar-refractivity contribution in [1.29, 1.82) is 0 Å². The normalized spacial score (nSPS) is 20.8. The summed E-state index contributed by atoms with van der Waals surface area (Å²) < 4.78 is 0. The highest BCUT2D eigenvalue weighted by Gasteiger charge is 2.27. The average molecular weight is 221 g/mol. The molecule has 16 heavy (non-hydrogen) atoms. The first kappa shape index (κ1) is 10.8. The van der Waals surface area contributed by atoms with Crippen LogP contribution in [-0.2, 0) is 11.3 Å². The molecule has 1 atom stereocenters. The maximum atomic E-state index is 11.5. The Kier molecular flexibility index (Phi) is 3.00. The third-order valence-corrected chi connectivity index (χ3v) is 2.72. The molecule has 1 aromatic heterocycles. The zero-order valence-corrected chi connectivity index (χ0v) is 9.18. The molecule has 1 unspecified atom stereocenters. The Bertz CT molecular complexity index is 395. The van der Waals surface area contributed by atoms with Crippen LogP contribution >= 0.6 is 0 Å². The SMILES string of the molecule is CC1C(=O)NCCN1c1nccnc1CN. The van der Waals surface area contributed by atoms with Crippen molar-refractivity contribution < 1.29 is 4.79 Å². The van der Waals surface area contributed by atoms with Crippen molar-refractivity contribution in [1.82, 2.24) is 15.3 Å². The van der Waals surface area contributed by atoms with Crippen molar-refractivity contribution in [3.05, 3.63) is 18.1 Å². The second-order valence-corrected chi connectivity index (χ2v) is 3.69. The summed E-state index contributed by atoms with van der Waals surface area (Å²) in [4.78, 5) is 21.9. The van der Waals surface area contributed by atoms with E-state index in [0.717, 1.165) is 12.2 Å². The van der Waals surface area contributed by atoms with Crippen LogP contribution in [0.25, 0.3) is 0 Å². The largest absolute Gasteiger partial charge is 0.353 e. The number of hydrogen-bond donors (Lipinski definition) is 2. The van der Waals surface area contributed by atoms with Gasteiger partial charge in [0.1, 0.15) is 6.04 Å². The molecule has 1 fully saturated rings. The Labute approximate surface area is 93.9 Å². The summed E-state index contributed by atoms with van der Waals surface area (Å²) in [5.74, 6) is 0.729. The molecular formula is C10H15N5O. The molecule has 0 spiro atoms. The fourth-order valence-electron chi connectivity index (χ4n) is 1.82. The molecule has 1 aliphatic heterocycles. The van der Waals surface area contributed by atoms with Gasteiger partial charge in [-0.15, -0.1) is 0 Å². The van der Waals surface area contributed by atoms with Crippen LogP contribution in [0.3, 0.4) is 0 Å². The lowest BCUT2D eigenvalue weighted by molar-refractivity contribution is -0.122. The summed E-state index contributed by atoms with van der Waals surface area (Å²) in [5, 5.41) is 2.81. The minimum Gasteiger partial charge on any atom is -0.353 e. The number of nitrogens with two attached hydrogens (primary N) is 1. The highest BCUT2D eigenvalue weighted by molar-refractivity contribution is 5.85. The fourth-order valence-corrected chi connectivity index (χ4v) is 1.82. The van der Waals surface area contributed by atoms with E-state index in [1.165, 1.54) is 0 Å². The quantitative estimate of drug-likeness (QED) is 0.687. The maximum absolute atomic E-state index is 11.5. The average Bonchev–Trinajstić information content (AvgIpc) is 2.33. The molecule has 2 rings (SSSR count). The van der Waals surface area contributed by atoms with Gasteiger partial charge in [0.05, 0.1) is 5.69 Å². The molecule has 1 saturated heterocycles. The van der Waals surface area contributed by atoms with E-state index in [1.54, 1.807) is 12.4 Å². The number of anilines is 1. The van der Waals surface area contributed by atoms with Gasteiger partial charge in [-0.3, -0.25) is 9.78 Å². The lowest BCUT2D eigenvalue weighted by Crippen LogP contribution is -2.54. The van der Waals surface area contributed by atoms with Gasteiger partial charge in [-0.05, 0) is 6.92 Å². The second kappa shape index (κ2) is 4.44. The molecule has 1 amide bonds. The molecular weight excluding hydrogens is 206 g/mol. The maximum Gasteiger partial charge on any atom is 0.242 e. The van der Waals surface area contributed by atoms with Gasteiger partial charge in [0.2, 0.25) is 5.91 Å². The molecule has 0 bridgehead atoms. The van der Waals surface area contributed by atoms with Gasteiger partial charge in [0.15, 0.2) is 5.82 Å². The molecule has 1 aromatic rings. The van der Waals surface area contributed by atoms with Gasteiger partial charge in [-0.2, -0.15) is 0 Å². The van der Waals surface area contributed by atoms with Crippen molar-refractivity contribution >= 4 is 11.7 Å². The molecule has 3 N–H and O–H groups in total. The molecule has 0 radical (unpaired) electrons. The highest BCUT2D eigenvalue weighted by atomic mass is 16.2. The van der Waals surface area contributed by atoms with Crippen LogP contribution in [0.5, 0.6) is 0 Å². The molecule has 1 aliphatic rings. The minimum absolute atomic E-state index is 0.0138. The third kappa shape index (κ3) is 1.83. The number of nitrogens with zero attached hydrogens (tertiary/aromatic N) is 3. The summed E-state index contributed by atoms with van der Waals surface area (Å²) in [5.41, 5.74) is 6.33. The van der Waals surface area contributed by atoms with E-state index in [4.69, 9.17) is 5.73 Å². The zero-order chi connectivity index (χ0) is 11.5. The standard InChI is InChI=1S/C10H15N5O/c1-7-10(16)14-4-5-15(7)9-8(6-11)12-2-3-13-9/h2-3,7H,4-6,11H2,1H3,(H,14,16). The molecule has 0 aliphatic carbocycles. The number of carbonyl (C=O) groups is 1. The summed E-state index contributed by atoms with van der Waals surface area (Å²) >= 11 is 0. The Morgan fingerprint density at radius 2 is 2.31 bits per heavy atom. The summed E-state index contributed by atoms with van der Waals surface area (Å²) in [6, 6.07) is -0.226. The lowest BCUT2D eigenvalue weighted by atomic mass is 10.2. The zero-order valence-electron chi connectivity index (χ0n) is 9.18. The summed E-state index contributed by atoms with van der Waals surface area (Å²) in [6.07, 6.45) is 3.23. The lowest BCUT2D eigenvalue weighted by Gasteiger charge is -2.34. The van der Waals surface area contributed by atoms with Crippen LogP contribution < -0.4 is 16.0 Å². The van der Waals surface area contributed by atoms with Crippen molar-refractivity contribution in [2.24, 2.45) is 5.73 Å². The van der Waals surface area contributed by atoms with E-state index in [2.05, 4.69) is 15.3 Å². The van der Waals surface area contributed by atoms with Gasteiger partial charge < -0.3 is 16.0 Å². The first-order valence-corrected chi connectivity index (χ1v) is 5.28. The number of amides is 1. The topological polar surface area (TPSA) is 84.1 Å². The summed E-state index contributed by atoms with van der Waals surface area (Å²) in [6.45, 7) is 3.54. The van der Waals surface area contributed by atoms with Gasteiger partial charge >= 0.3 is 0 Å². The molecule has 86 valence electrons. The highest BCUT2D eigenvalue weighted by Crippen LogP contribution is 2.18. The van der Waals surface area contributed by atoms with Crippen LogP contribution in [0.4, 0.5) is 5.82 Å². The molecule has 6 heteroatoms. The number of piperazine rings is 1. The Morgan fingerprint density at radius 1 is 1.56 bits per heavy atom. The molecule has 2 heterocycles. The number of hydrogen-bond acceptors (Lipinski definition) is 5. The van der Waals surface area contributed by atoms with E-state index in [0.29, 0.717) is 18.9 Å². The van der Waals surface area contributed by atoms with Gasteiger partial charge in [-0.1, -0.05) is 0 Å². The van der Waals surface area contributed by atoms with Crippen LogP contribution in [0.1, 0.15) is 12.6 Å². The monoisotopic (exact) mass is 221 g/mol. The van der Waals surface area contributed by atoms with E-state index >= 15 is 0 Å². The van der Waals surface area contributed by atoms with E-state index < -0.39 is 0 Å². The van der Waals surface area contributed by atoms with E-state index in [-0.39, 0.29) is 11.9 Å². The summed E-state index contributed by atoms with van der Waals surface area (Å²) in [7, 11) is 0. The number of nitrogens with one attached hydrogen (secondary N) is 1. The fraction of sp³-hybridized carbons (Fsp3) is 0.500. The van der Waals surface area contributed by atoms with Crippen molar-refractivity contribution in [3.8, 4) is 0 Å². The predicted molar refractivity (Wildman–Crippen MR) is 59.7 cm³/mol.